The molecular weight excluding hydrogens is 368 g/mol. The zero-order chi connectivity index (χ0) is 19.0. The second-order valence-corrected chi connectivity index (χ2v) is 6.85. The van der Waals surface area contributed by atoms with Crippen LogP contribution in [0.1, 0.15) is 15.9 Å². The summed E-state index contributed by atoms with van der Waals surface area (Å²) in [7, 11) is 0. The highest BCUT2D eigenvalue weighted by Crippen LogP contribution is 2.33. The number of pyridine rings is 1. The molecule has 0 unspecified atom stereocenters. The molecule has 2 aromatic heterocycles. The molecule has 0 aliphatic carbocycles. The summed E-state index contributed by atoms with van der Waals surface area (Å²) in [5, 5.41) is 3.35. The number of carbonyl (C=O) groups excluding carboxylic acids is 1. The van der Waals surface area contributed by atoms with E-state index < -0.39 is 23.1 Å². The molecule has 1 N–H and O–H groups in total. The van der Waals surface area contributed by atoms with Crippen LogP contribution in [0.5, 0.6) is 0 Å². The van der Waals surface area contributed by atoms with E-state index in [1.807, 2.05) is 25.1 Å². The number of anilines is 1. The number of benzene rings is 2. The van der Waals surface area contributed by atoms with Crippen molar-refractivity contribution in [3.63, 3.8) is 0 Å². The number of carbonyl (C=O) groups is 1. The number of aromatic nitrogens is 2. The van der Waals surface area contributed by atoms with Gasteiger partial charge in [0.1, 0.15) is 32.6 Å². The van der Waals surface area contributed by atoms with Crippen molar-refractivity contribution in [2.24, 2.45) is 0 Å². The van der Waals surface area contributed by atoms with Crippen LogP contribution < -0.4 is 5.32 Å². The van der Waals surface area contributed by atoms with Crippen molar-refractivity contribution in [2.75, 3.05) is 5.32 Å². The number of rotatable bonds is 3. The van der Waals surface area contributed by atoms with Gasteiger partial charge in [-0.2, -0.15) is 0 Å². The first kappa shape index (κ1) is 17.2. The van der Waals surface area contributed by atoms with Crippen LogP contribution in [0.15, 0.2) is 54.7 Å². The molecule has 1 amide bonds. The van der Waals surface area contributed by atoms with Gasteiger partial charge in [-0.3, -0.25) is 4.79 Å². The van der Waals surface area contributed by atoms with E-state index in [4.69, 9.17) is 0 Å². The standard InChI is InChI=1S/C20H13F2N3OS/c1-11-12(19-25-16-9-4-10-23-20(16)27-19)5-2-8-15(11)24-18(26)17-13(21)6-3-7-14(17)22/h2-10H,1H3,(H,24,26). The van der Waals surface area contributed by atoms with Crippen LogP contribution in [-0.2, 0) is 0 Å². The lowest BCUT2D eigenvalue weighted by atomic mass is 10.1. The van der Waals surface area contributed by atoms with E-state index in [0.717, 1.165) is 38.6 Å². The first-order chi connectivity index (χ1) is 13.0. The van der Waals surface area contributed by atoms with E-state index >= 15 is 0 Å². The molecule has 0 saturated heterocycles. The fourth-order valence-corrected chi connectivity index (χ4v) is 3.78. The Hall–Kier alpha value is -3.19. The molecule has 2 aromatic carbocycles. The monoisotopic (exact) mass is 381 g/mol. The lowest BCUT2D eigenvalue weighted by Crippen LogP contribution is -2.16. The molecule has 0 fully saturated rings. The predicted molar refractivity (Wildman–Crippen MR) is 102 cm³/mol. The van der Waals surface area contributed by atoms with Crippen molar-refractivity contribution >= 4 is 33.3 Å². The zero-order valence-corrected chi connectivity index (χ0v) is 15.0. The Bertz CT molecular complexity index is 1120. The maximum Gasteiger partial charge on any atom is 0.261 e. The summed E-state index contributed by atoms with van der Waals surface area (Å²) in [6, 6.07) is 12.3. The second kappa shape index (κ2) is 6.85. The third-order valence-electron chi connectivity index (χ3n) is 4.17. The number of nitrogens with one attached hydrogen (secondary N) is 1. The highest BCUT2D eigenvalue weighted by Gasteiger charge is 2.19. The Morgan fingerprint density at radius 3 is 2.52 bits per heavy atom. The van der Waals surface area contributed by atoms with Crippen molar-refractivity contribution in [3.8, 4) is 10.6 Å². The SMILES string of the molecule is Cc1c(NC(=O)c2c(F)cccc2F)cccc1-c1nc2cccnc2s1. The average Bonchev–Trinajstić information content (AvgIpc) is 3.07. The van der Waals surface area contributed by atoms with Gasteiger partial charge in [0, 0.05) is 17.4 Å². The number of fused-ring (bicyclic) bond motifs is 1. The lowest BCUT2D eigenvalue weighted by molar-refractivity contribution is 0.101. The highest BCUT2D eigenvalue weighted by atomic mass is 32.1. The number of hydrogen-bond donors (Lipinski definition) is 1. The first-order valence-electron chi connectivity index (χ1n) is 8.11. The number of halogens is 2. The average molecular weight is 381 g/mol. The highest BCUT2D eigenvalue weighted by molar-refractivity contribution is 7.21. The summed E-state index contributed by atoms with van der Waals surface area (Å²) in [6.07, 6.45) is 1.71. The van der Waals surface area contributed by atoms with Gasteiger partial charge in [-0.15, -0.1) is 0 Å². The molecule has 0 aliphatic heterocycles. The van der Waals surface area contributed by atoms with Gasteiger partial charge in [0.15, 0.2) is 0 Å². The largest absolute Gasteiger partial charge is 0.322 e. The minimum Gasteiger partial charge on any atom is -0.322 e. The van der Waals surface area contributed by atoms with Crippen LogP contribution in [-0.4, -0.2) is 15.9 Å². The molecule has 0 radical (unpaired) electrons. The number of hydrogen-bond acceptors (Lipinski definition) is 4. The van der Waals surface area contributed by atoms with Gasteiger partial charge in [0.25, 0.3) is 5.91 Å². The molecule has 4 rings (SSSR count). The molecule has 0 aliphatic rings. The summed E-state index contributed by atoms with van der Waals surface area (Å²) in [5.41, 5.74) is 2.23. The summed E-state index contributed by atoms with van der Waals surface area (Å²) in [5.74, 6) is -2.64. The van der Waals surface area contributed by atoms with Gasteiger partial charge < -0.3 is 5.32 Å². The van der Waals surface area contributed by atoms with Crippen molar-refractivity contribution in [1.82, 2.24) is 9.97 Å². The third kappa shape index (κ3) is 3.17. The molecular formula is C20H13F2N3OS. The fraction of sp³-hybridized carbons (Fsp3) is 0.0500. The molecule has 0 saturated carbocycles. The normalized spacial score (nSPS) is 10.9. The summed E-state index contributed by atoms with van der Waals surface area (Å²) >= 11 is 1.44. The van der Waals surface area contributed by atoms with Gasteiger partial charge in [-0.1, -0.05) is 29.5 Å². The molecule has 134 valence electrons. The van der Waals surface area contributed by atoms with E-state index in [9.17, 15) is 13.6 Å². The summed E-state index contributed by atoms with van der Waals surface area (Å²) in [4.78, 5) is 22.1. The molecule has 4 nitrogen and oxygen atoms in total. The number of nitrogens with zero attached hydrogens (tertiary/aromatic N) is 2. The third-order valence-corrected chi connectivity index (χ3v) is 5.18. The van der Waals surface area contributed by atoms with Crippen LogP contribution in [0.3, 0.4) is 0 Å². The topological polar surface area (TPSA) is 54.9 Å². The quantitative estimate of drug-likeness (QED) is 0.531. The van der Waals surface area contributed by atoms with E-state index in [0.29, 0.717) is 5.69 Å². The Balaban J connectivity index is 1.71. The number of thiazole rings is 1. The van der Waals surface area contributed by atoms with Gasteiger partial charge in [-0.25, -0.2) is 18.7 Å². The molecule has 4 aromatic rings. The lowest BCUT2D eigenvalue weighted by Gasteiger charge is -2.12. The first-order valence-corrected chi connectivity index (χ1v) is 8.93. The minimum atomic E-state index is -0.904. The van der Waals surface area contributed by atoms with Crippen LogP contribution >= 0.6 is 11.3 Å². The summed E-state index contributed by atoms with van der Waals surface area (Å²) in [6.45, 7) is 1.82. The molecule has 2 heterocycles. The Kier molecular flexibility index (Phi) is 4.37. The Labute approximate surface area is 157 Å². The Morgan fingerprint density at radius 1 is 1.04 bits per heavy atom. The maximum atomic E-state index is 13.9. The zero-order valence-electron chi connectivity index (χ0n) is 14.2. The second-order valence-electron chi connectivity index (χ2n) is 5.88. The van der Waals surface area contributed by atoms with Crippen LogP contribution in [0.25, 0.3) is 20.9 Å². The molecule has 0 spiro atoms. The smallest absolute Gasteiger partial charge is 0.261 e. The predicted octanol–water partition coefficient (Wildman–Crippen LogP) is 5.20. The maximum absolute atomic E-state index is 13.9. The molecule has 0 bridgehead atoms. The van der Waals surface area contributed by atoms with Crippen molar-refractivity contribution in [1.29, 1.82) is 0 Å². The minimum absolute atomic E-state index is 0.465. The molecule has 27 heavy (non-hydrogen) atoms. The van der Waals surface area contributed by atoms with Gasteiger partial charge in [-0.05, 0) is 42.8 Å². The number of amides is 1. The van der Waals surface area contributed by atoms with Crippen molar-refractivity contribution in [2.45, 2.75) is 6.92 Å². The Morgan fingerprint density at radius 2 is 1.78 bits per heavy atom. The van der Waals surface area contributed by atoms with Crippen molar-refractivity contribution in [3.05, 3.63) is 77.5 Å². The van der Waals surface area contributed by atoms with E-state index in [2.05, 4.69) is 15.3 Å². The van der Waals surface area contributed by atoms with E-state index in [-0.39, 0.29) is 0 Å². The van der Waals surface area contributed by atoms with Crippen LogP contribution in [0.4, 0.5) is 14.5 Å². The van der Waals surface area contributed by atoms with Crippen LogP contribution in [0.2, 0.25) is 0 Å². The van der Waals surface area contributed by atoms with Gasteiger partial charge in [0.2, 0.25) is 0 Å². The van der Waals surface area contributed by atoms with Gasteiger partial charge >= 0.3 is 0 Å². The van der Waals surface area contributed by atoms with Gasteiger partial charge in [0.05, 0.1) is 0 Å². The fourth-order valence-electron chi connectivity index (χ4n) is 2.79. The van der Waals surface area contributed by atoms with Crippen LogP contribution in [0, 0.1) is 18.6 Å². The molecule has 7 heteroatoms. The van der Waals surface area contributed by atoms with E-state index in [1.54, 1.807) is 18.3 Å². The molecule has 0 atom stereocenters. The summed E-state index contributed by atoms with van der Waals surface area (Å²) < 4.78 is 27.7. The van der Waals surface area contributed by atoms with Crippen molar-refractivity contribution < 1.29 is 13.6 Å². The van der Waals surface area contributed by atoms with E-state index in [1.165, 1.54) is 17.4 Å².